The molecule has 0 unspecified atom stereocenters. The lowest BCUT2D eigenvalue weighted by Crippen LogP contribution is -2.13. The second-order valence-corrected chi connectivity index (χ2v) is 12.4. The number of nitrogens with zero attached hydrogens (tertiary/aromatic N) is 10. The SMILES string of the molecule is Br.Br.NC(=O)c1cnc(CC/C=C/CNc2ncc(C(N)=O)cc2[N+](=O)[O-])c([N+](=O)[O-])c1.NC(=O)c1cnc2c(c1)nc(N)n2C/C=C/Cn1c(N)nc2cc(C(N)=O)cnc21. The van der Waals surface area contributed by atoms with Gasteiger partial charge in [-0.15, -0.1) is 34.0 Å². The number of primary amides is 4. The number of carbonyl (C=O) groups is 4. The zero-order valence-corrected chi connectivity index (χ0v) is 35.4. The second kappa shape index (κ2) is 21.4. The highest BCUT2D eigenvalue weighted by Crippen LogP contribution is 2.23. The molecule has 0 spiro atoms. The van der Waals surface area contributed by atoms with Crippen LogP contribution in [0.15, 0.2) is 73.4 Å². The Kier molecular flexibility index (Phi) is 16.7. The van der Waals surface area contributed by atoms with Crippen molar-refractivity contribution in [3.63, 3.8) is 0 Å². The predicted molar refractivity (Wildman–Crippen MR) is 235 cm³/mol. The van der Waals surface area contributed by atoms with E-state index in [9.17, 15) is 39.4 Å². The molecule has 13 N–H and O–H groups in total. The molecule has 0 aromatic carbocycles. The van der Waals surface area contributed by atoms with E-state index in [1.807, 2.05) is 12.2 Å². The largest absolute Gasteiger partial charge is 0.369 e. The van der Waals surface area contributed by atoms with Crippen molar-refractivity contribution in [3.05, 3.63) is 122 Å². The van der Waals surface area contributed by atoms with Crippen LogP contribution in [-0.4, -0.2) is 79.1 Å². The van der Waals surface area contributed by atoms with Crippen molar-refractivity contribution in [2.45, 2.75) is 25.9 Å². The molecule has 0 bridgehead atoms. The van der Waals surface area contributed by atoms with Crippen molar-refractivity contribution < 1.29 is 29.0 Å². The number of aromatic nitrogens is 8. The summed E-state index contributed by atoms with van der Waals surface area (Å²) in [4.78, 5) is 90.4. The molecule has 0 aliphatic heterocycles. The molecule has 0 radical (unpaired) electrons. The van der Waals surface area contributed by atoms with Gasteiger partial charge in [-0.2, -0.15) is 0 Å². The summed E-state index contributed by atoms with van der Waals surface area (Å²) in [6, 6.07) is 5.20. The van der Waals surface area contributed by atoms with Crippen molar-refractivity contribution in [2.24, 2.45) is 22.9 Å². The molecule has 62 heavy (non-hydrogen) atoms. The standard InChI is InChI=1S/C18H18N10O2.C17H17N7O6.2BrH/c19-13(29)9-5-11-15(23-7-9)27(17(21)25-11)3-1-2-4-28-16-12(26-18(28)22)6-10(8-24-16)14(20)30;18-15(25)10-6-13(23(27)28)12(21-8-10)4-2-1-3-5-20-17-14(24(29)30)7-11(9-22-17)16(19)26;;/h1-2,5-8H,3-4H2,(H2,19,29)(H2,20,30)(H2,21,25)(H2,22,26);1,3,6-9H,2,4-5H2,(H2,18,25)(H2,19,26)(H,20,22);2*1H/b2-1+;3-1+;;. The minimum Gasteiger partial charge on any atom is -0.369 e. The van der Waals surface area contributed by atoms with E-state index in [1.54, 1.807) is 33.4 Å². The number of nitrogens with one attached hydrogen (secondary N) is 1. The summed E-state index contributed by atoms with van der Waals surface area (Å²) >= 11 is 0. The molecule has 27 heteroatoms. The van der Waals surface area contributed by atoms with Crippen LogP contribution in [0.2, 0.25) is 0 Å². The highest BCUT2D eigenvalue weighted by molar-refractivity contribution is 8.93. The Morgan fingerprint density at radius 2 is 1.03 bits per heavy atom. The minimum absolute atomic E-state index is 0. The van der Waals surface area contributed by atoms with Gasteiger partial charge >= 0.3 is 5.69 Å². The van der Waals surface area contributed by atoms with Crippen molar-refractivity contribution >= 4 is 109 Å². The van der Waals surface area contributed by atoms with Crippen LogP contribution in [0, 0.1) is 20.2 Å². The lowest BCUT2D eigenvalue weighted by molar-refractivity contribution is -0.386. The third-order valence-corrected chi connectivity index (χ3v) is 8.42. The maximum atomic E-state index is 11.3. The second-order valence-electron chi connectivity index (χ2n) is 12.4. The number of aryl methyl sites for hydroxylation is 1. The van der Waals surface area contributed by atoms with Crippen LogP contribution in [0.25, 0.3) is 22.3 Å². The number of rotatable bonds is 16. The van der Waals surface area contributed by atoms with Gasteiger partial charge in [0.2, 0.25) is 29.5 Å². The molecule has 0 aliphatic rings. The maximum absolute atomic E-state index is 11.3. The number of fused-ring (bicyclic) bond motifs is 2. The van der Waals surface area contributed by atoms with Crippen LogP contribution in [0.1, 0.15) is 53.5 Å². The van der Waals surface area contributed by atoms with E-state index in [-0.39, 0.29) is 98.3 Å². The first-order valence-corrected chi connectivity index (χ1v) is 17.3. The van der Waals surface area contributed by atoms with E-state index in [4.69, 9.17) is 34.4 Å². The Balaban J connectivity index is 0.000000320. The van der Waals surface area contributed by atoms with Crippen LogP contribution in [0.5, 0.6) is 0 Å². The minimum atomic E-state index is -0.830. The summed E-state index contributed by atoms with van der Waals surface area (Å²) in [5, 5.41) is 25.0. The van der Waals surface area contributed by atoms with Gasteiger partial charge in [-0.25, -0.2) is 24.9 Å². The first kappa shape index (κ1) is 48.4. The monoisotopic (exact) mass is 981 g/mol. The Morgan fingerprint density at radius 3 is 1.48 bits per heavy atom. The van der Waals surface area contributed by atoms with Gasteiger partial charge in [0.15, 0.2) is 11.3 Å². The molecule has 324 valence electrons. The van der Waals surface area contributed by atoms with Gasteiger partial charge in [0.05, 0.1) is 32.1 Å². The maximum Gasteiger partial charge on any atom is 0.312 e. The predicted octanol–water partition coefficient (Wildman–Crippen LogP) is 2.04. The van der Waals surface area contributed by atoms with E-state index in [1.165, 1.54) is 18.6 Å². The van der Waals surface area contributed by atoms with Crippen molar-refractivity contribution in [2.75, 3.05) is 23.3 Å². The summed E-state index contributed by atoms with van der Waals surface area (Å²) in [5.41, 5.74) is 34.6. The first-order valence-electron chi connectivity index (χ1n) is 17.3. The van der Waals surface area contributed by atoms with Crippen LogP contribution < -0.4 is 39.7 Å². The number of imidazole rings is 2. The van der Waals surface area contributed by atoms with Gasteiger partial charge in [0, 0.05) is 63.0 Å². The van der Waals surface area contributed by atoms with Crippen molar-refractivity contribution in [1.82, 2.24) is 39.0 Å². The number of nitro groups is 2. The molecule has 0 fully saturated rings. The number of hydrogen-bond acceptors (Lipinski definition) is 17. The zero-order chi connectivity index (χ0) is 43.7. The van der Waals surface area contributed by atoms with Gasteiger partial charge in [-0.05, 0) is 18.6 Å². The zero-order valence-electron chi connectivity index (χ0n) is 32.0. The number of anilines is 3. The summed E-state index contributed by atoms with van der Waals surface area (Å²) in [7, 11) is 0. The fourth-order valence-electron chi connectivity index (χ4n) is 5.45. The van der Waals surface area contributed by atoms with Crippen molar-refractivity contribution in [3.8, 4) is 0 Å². The molecule has 6 aromatic rings. The summed E-state index contributed by atoms with van der Waals surface area (Å²) in [6.07, 6.45) is 12.8. The number of allylic oxidation sites excluding steroid dienone is 3. The van der Waals surface area contributed by atoms with E-state index in [0.29, 0.717) is 41.8 Å². The van der Waals surface area contributed by atoms with E-state index >= 15 is 0 Å². The van der Waals surface area contributed by atoms with E-state index in [0.717, 1.165) is 18.3 Å². The molecule has 4 amide bonds. The first-order chi connectivity index (χ1) is 28.5. The number of carbonyl (C=O) groups excluding carboxylic acids is 4. The van der Waals surface area contributed by atoms with Crippen molar-refractivity contribution in [1.29, 1.82) is 0 Å². The molecule has 0 aliphatic carbocycles. The van der Waals surface area contributed by atoms with Gasteiger partial charge in [0.25, 0.3) is 17.5 Å². The molecule has 6 aromatic heterocycles. The number of halogens is 2. The normalized spacial score (nSPS) is 10.8. The number of nitrogen functional groups attached to an aromatic ring is 2. The molecule has 6 heterocycles. The molecule has 0 saturated heterocycles. The molecular formula is C35H37Br2N17O8. The number of nitrogens with two attached hydrogens (primary N) is 6. The molecule has 6 rings (SSSR count). The van der Waals surface area contributed by atoms with Crippen LogP contribution >= 0.6 is 34.0 Å². The lowest BCUT2D eigenvalue weighted by atomic mass is 10.1. The average molecular weight is 984 g/mol. The smallest absolute Gasteiger partial charge is 0.312 e. The lowest BCUT2D eigenvalue weighted by Gasteiger charge is -2.05. The Hall–Kier alpha value is -7.94. The summed E-state index contributed by atoms with van der Waals surface area (Å²) in [5.74, 6) is -2.32. The number of hydrogen-bond donors (Lipinski definition) is 7. The Labute approximate surface area is 369 Å². The topological polar surface area (TPSA) is 410 Å². The fourth-order valence-corrected chi connectivity index (χ4v) is 5.45. The summed E-state index contributed by atoms with van der Waals surface area (Å²) < 4.78 is 3.40. The number of pyridine rings is 4. The fraction of sp³-hybridized carbons (Fsp3) is 0.143. The Bertz CT molecular complexity index is 2570. The third kappa shape index (κ3) is 11.6. The van der Waals surface area contributed by atoms with Gasteiger partial charge < -0.3 is 39.7 Å². The average Bonchev–Trinajstić information content (AvgIpc) is 3.70. The van der Waals surface area contributed by atoms with Crippen LogP contribution in [-0.2, 0) is 19.5 Å². The molecule has 25 nitrogen and oxygen atoms in total. The van der Waals surface area contributed by atoms with Gasteiger partial charge in [-0.1, -0.05) is 24.3 Å². The van der Waals surface area contributed by atoms with Gasteiger partial charge in [0.1, 0.15) is 16.7 Å². The highest BCUT2D eigenvalue weighted by atomic mass is 79.9. The summed E-state index contributed by atoms with van der Waals surface area (Å²) in [6.45, 7) is 0.980. The quantitative estimate of drug-likeness (QED) is 0.0414. The number of amides is 4. The van der Waals surface area contributed by atoms with E-state index < -0.39 is 39.2 Å². The Morgan fingerprint density at radius 1 is 0.613 bits per heavy atom. The molecule has 0 atom stereocenters. The van der Waals surface area contributed by atoms with Crippen LogP contribution in [0.3, 0.4) is 0 Å². The van der Waals surface area contributed by atoms with Gasteiger partial charge in [-0.3, -0.25) is 53.5 Å². The highest BCUT2D eigenvalue weighted by Gasteiger charge is 2.19. The molecule has 0 saturated carbocycles. The van der Waals surface area contributed by atoms with Crippen LogP contribution in [0.4, 0.5) is 29.1 Å². The molecular weight excluding hydrogens is 946 g/mol. The third-order valence-electron chi connectivity index (χ3n) is 8.42. The van der Waals surface area contributed by atoms with E-state index in [2.05, 4.69) is 35.2 Å².